The van der Waals surface area contributed by atoms with E-state index in [-0.39, 0.29) is 5.75 Å². The molecular weight excluding hydrogens is 230 g/mol. The average Bonchev–Trinajstić information content (AvgIpc) is 2.26. The molecule has 0 saturated carbocycles. The predicted octanol–water partition coefficient (Wildman–Crippen LogP) is -0.995. The first-order valence-corrected chi connectivity index (χ1v) is 7.09. The zero-order chi connectivity index (χ0) is 12.2. The average molecular weight is 249 g/mol. The Kier molecular flexibility index (Phi) is 4.69. The fourth-order valence-corrected chi connectivity index (χ4v) is 3.68. The Morgan fingerprint density at radius 2 is 2.06 bits per heavy atom. The molecule has 0 radical (unpaired) electrons. The van der Waals surface area contributed by atoms with E-state index in [0.717, 1.165) is 12.8 Å². The van der Waals surface area contributed by atoms with Gasteiger partial charge in [-0.15, -0.1) is 0 Å². The van der Waals surface area contributed by atoms with Crippen LogP contribution in [0.1, 0.15) is 25.7 Å². The fourth-order valence-electron chi connectivity index (χ4n) is 1.91. The second-order valence-corrected chi connectivity index (χ2v) is 6.02. The SMILES string of the molecule is NCCCS(=O)(=O)N1CCCCC1C(N)=O. The van der Waals surface area contributed by atoms with Gasteiger partial charge in [0.15, 0.2) is 0 Å². The number of sulfonamides is 1. The first-order valence-electron chi connectivity index (χ1n) is 5.48. The van der Waals surface area contributed by atoms with Crippen molar-refractivity contribution in [3.8, 4) is 0 Å². The topological polar surface area (TPSA) is 106 Å². The number of primary amides is 1. The minimum atomic E-state index is -3.39. The van der Waals surface area contributed by atoms with E-state index in [1.54, 1.807) is 0 Å². The summed E-state index contributed by atoms with van der Waals surface area (Å²) in [4.78, 5) is 11.2. The van der Waals surface area contributed by atoms with Gasteiger partial charge in [-0.25, -0.2) is 8.42 Å². The molecule has 1 fully saturated rings. The van der Waals surface area contributed by atoms with Crippen LogP contribution in [-0.4, -0.2) is 43.5 Å². The van der Waals surface area contributed by atoms with Crippen molar-refractivity contribution in [1.82, 2.24) is 4.31 Å². The lowest BCUT2D eigenvalue weighted by Gasteiger charge is -2.32. The molecule has 1 rings (SSSR count). The van der Waals surface area contributed by atoms with Gasteiger partial charge in [-0.05, 0) is 25.8 Å². The second kappa shape index (κ2) is 5.60. The van der Waals surface area contributed by atoms with Crippen LogP contribution in [0.4, 0.5) is 0 Å². The maximum atomic E-state index is 11.9. The van der Waals surface area contributed by atoms with E-state index in [4.69, 9.17) is 11.5 Å². The van der Waals surface area contributed by atoms with E-state index in [0.29, 0.717) is 25.9 Å². The summed E-state index contributed by atoms with van der Waals surface area (Å²) in [5, 5.41) is 0. The van der Waals surface area contributed by atoms with Gasteiger partial charge in [0.25, 0.3) is 0 Å². The van der Waals surface area contributed by atoms with Crippen molar-refractivity contribution in [1.29, 1.82) is 0 Å². The fraction of sp³-hybridized carbons (Fsp3) is 0.889. The number of rotatable bonds is 5. The molecule has 7 heteroatoms. The van der Waals surface area contributed by atoms with Gasteiger partial charge in [0, 0.05) is 6.54 Å². The van der Waals surface area contributed by atoms with Gasteiger partial charge >= 0.3 is 0 Å². The minimum absolute atomic E-state index is 0.00667. The summed E-state index contributed by atoms with van der Waals surface area (Å²) in [6.45, 7) is 0.717. The van der Waals surface area contributed by atoms with Gasteiger partial charge in [0.2, 0.25) is 15.9 Å². The number of nitrogens with zero attached hydrogens (tertiary/aromatic N) is 1. The third-order valence-corrected chi connectivity index (χ3v) is 4.70. The maximum absolute atomic E-state index is 11.9. The third-order valence-electron chi connectivity index (χ3n) is 2.75. The molecule has 4 N–H and O–H groups in total. The third kappa shape index (κ3) is 3.16. The van der Waals surface area contributed by atoms with Gasteiger partial charge in [0.05, 0.1) is 5.75 Å². The van der Waals surface area contributed by atoms with Gasteiger partial charge in [-0.2, -0.15) is 4.31 Å². The van der Waals surface area contributed by atoms with Crippen molar-refractivity contribution in [2.75, 3.05) is 18.8 Å². The molecule has 1 atom stereocenters. The summed E-state index contributed by atoms with van der Waals surface area (Å²) in [5.74, 6) is -0.566. The number of hydrogen-bond acceptors (Lipinski definition) is 4. The summed E-state index contributed by atoms with van der Waals surface area (Å²) >= 11 is 0. The normalized spacial score (nSPS) is 23.2. The molecule has 1 aliphatic rings. The van der Waals surface area contributed by atoms with Crippen molar-refractivity contribution in [2.45, 2.75) is 31.7 Å². The Balaban J connectivity index is 2.78. The lowest BCUT2D eigenvalue weighted by atomic mass is 10.0. The number of carbonyl (C=O) groups is 1. The zero-order valence-electron chi connectivity index (χ0n) is 9.26. The van der Waals surface area contributed by atoms with Crippen LogP contribution in [0.3, 0.4) is 0 Å². The molecular formula is C9H19N3O3S. The monoisotopic (exact) mass is 249 g/mol. The lowest BCUT2D eigenvalue weighted by molar-refractivity contribution is -0.122. The Morgan fingerprint density at radius 1 is 1.38 bits per heavy atom. The van der Waals surface area contributed by atoms with Gasteiger partial charge < -0.3 is 11.5 Å². The maximum Gasteiger partial charge on any atom is 0.235 e. The van der Waals surface area contributed by atoms with Crippen LogP contribution in [0.15, 0.2) is 0 Å². The highest BCUT2D eigenvalue weighted by atomic mass is 32.2. The molecule has 1 aliphatic heterocycles. The van der Waals surface area contributed by atoms with Gasteiger partial charge in [-0.1, -0.05) is 6.42 Å². The van der Waals surface area contributed by atoms with Crippen molar-refractivity contribution in [2.24, 2.45) is 11.5 Å². The number of hydrogen-bond donors (Lipinski definition) is 2. The van der Waals surface area contributed by atoms with Crippen LogP contribution in [-0.2, 0) is 14.8 Å². The summed E-state index contributed by atoms with van der Waals surface area (Å²) < 4.78 is 25.1. The summed E-state index contributed by atoms with van der Waals surface area (Å²) in [6.07, 6.45) is 2.56. The Hall–Kier alpha value is -0.660. The molecule has 0 aliphatic carbocycles. The van der Waals surface area contributed by atoms with Gasteiger partial charge in [0.1, 0.15) is 6.04 Å². The summed E-state index contributed by atoms with van der Waals surface area (Å²) in [6, 6.07) is -0.670. The molecule has 1 heterocycles. The molecule has 1 saturated heterocycles. The molecule has 1 unspecified atom stereocenters. The molecule has 0 aromatic rings. The molecule has 0 bridgehead atoms. The summed E-state index contributed by atoms with van der Waals surface area (Å²) in [7, 11) is -3.39. The molecule has 1 amide bonds. The van der Waals surface area contributed by atoms with Crippen molar-refractivity contribution >= 4 is 15.9 Å². The smallest absolute Gasteiger partial charge is 0.235 e. The lowest BCUT2D eigenvalue weighted by Crippen LogP contribution is -2.51. The van der Waals surface area contributed by atoms with E-state index < -0.39 is 22.0 Å². The zero-order valence-corrected chi connectivity index (χ0v) is 10.1. The van der Waals surface area contributed by atoms with Crippen molar-refractivity contribution in [3.05, 3.63) is 0 Å². The first kappa shape index (κ1) is 13.4. The number of carbonyl (C=O) groups excluding carboxylic acids is 1. The first-order chi connectivity index (χ1) is 7.49. The number of piperidine rings is 1. The van der Waals surface area contributed by atoms with E-state index in [1.807, 2.05) is 0 Å². The standard InChI is InChI=1S/C9H19N3O3S/c10-5-3-7-16(14,15)12-6-2-1-4-8(12)9(11)13/h8H,1-7,10H2,(H2,11,13). The van der Waals surface area contributed by atoms with Crippen molar-refractivity contribution < 1.29 is 13.2 Å². The van der Waals surface area contributed by atoms with Gasteiger partial charge in [-0.3, -0.25) is 4.79 Å². The van der Waals surface area contributed by atoms with E-state index >= 15 is 0 Å². The second-order valence-electron chi connectivity index (χ2n) is 3.98. The highest BCUT2D eigenvalue weighted by Crippen LogP contribution is 2.20. The Labute approximate surface area is 96.0 Å². The molecule has 0 aromatic carbocycles. The highest BCUT2D eigenvalue weighted by molar-refractivity contribution is 7.89. The van der Waals surface area contributed by atoms with Crippen LogP contribution >= 0.6 is 0 Å². The largest absolute Gasteiger partial charge is 0.368 e. The highest BCUT2D eigenvalue weighted by Gasteiger charge is 2.34. The predicted molar refractivity (Wildman–Crippen MR) is 61.0 cm³/mol. The van der Waals surface area contributed by atoms with Crippen LogP contribution < -0.4 is 11.5 Å². The minimum Gasteiger partial charge on any atom is -0.368 e. The van der Waals surface area contributed by atoms with Crippen LogP contribution in [0.5, 0.6) is 0 Å². The summed E-state index contributed by atoms with van der Waals surface area (Å²) in [5.41, 5.74) is 10.5. The van der Waals surface area contributed by atoms with Crippen LogP contribution in [0, 0.1) is 0 Å². The molecule has 6 nitrogen and oxygen atoms in total. The Morgan fingerprint density at radius 3 is 2.62 bits per heavy atom. The Bertz CT molecular complexity index is 342. The molecule has 16 heavy (non-hydrogen) atoms. The van der Waals surface area contributed by atoms with Crippen LogP contribution in [0.2, 0.25) is 0 Å². The number of amides is 1. The van der Waals surface area contributed by atoms with E-state index in [9.17, 15) is 13.2 Å². The van der Waals surface area contributed by atoms with E-state index in [2.05, 4.69) is 0 Å². The van der Waals surface area contributed by atoms with Crippen molar-refractivity contribution in [3.63, 3.8) is 0 Å². The van der Waals surface area contributed by atoms with Crippen LogP contribution in [0.25, 0.3) is 0 Å². The molecule has 0 spiro atoms. The number of nitrogens with two attached hydrogens (primary N) is 2. The molecule has 94 valence electrons. The molecule has 0 aromatic heterocycles. The quantitative estimate of drug-likeness (QED) is 0.652. The van der Waals surface area contributed by atoms with E-state index in [1.165, 1.54) is 4.31 Å².